The van der Waals surface area contributed by atoms with Gasteiger partial charge in [-0.2, -0.15) is 0 Å². The first kappa shape index (κ1) is 14.6. The van der Waals surface area contributed by atoms with Crippen LogP contribution in [0, 0.1) is 6.92 Å². The van der Waals surface area contributed by atoms with Gasteiger partial charge in [0.1, 0.15) is 18.0 Å². The summed E-state index contributed by atoms with van der Waals surface area (Å²) in [6.07, 6.45) is 2.27. The van der Waals surface area contributed by atoms with Gasteiger partial charge in [0.25, 0.3) is 0 Å². The zero-order chi connectivity index (χ0) is 13.8. The third-order valence-electron chi connectivity index (χ3n) is 3.54. The summed E-state index contributed by atoms with van der Waals surface area (Å²) in [6, 6.07) is 6.25. The third-order valence-corrected chi connectivity index (χ3v) is 3.84. The molecule has 0 saturated heterocycles. The van der Waals surface area contributed by atoms with Crippen LogP contribution in [0.1, 0.15) is 25.3 Å². The SMILES string of the molecule is CCCNC1CC(Oc2ccc(C)cc2Cl)C1OC. The fourth-order valence-corrected chi connectivity index (χ4v) is 2.69. The van der Waals surface area contributed by atoms with Crippen molar-refractivity contribution in [1.82, 2.24) is 5.32 Å². The highest BCUT2D eigenvalue weighted by atomic mass is 35.5. The maximum atomic E-state index is 6.18. The first-order valence-electron chi connectivity index (χ1n) is 6.84. The molecule has 1 aromatic rings. The summed E-state index contributed by atoms with van der Waals surface area (Å²) >= 11 is 6.18. The number of methoxy groups -OCH3 is 1. The highest BCUT2D eigenvalue weighted by Crippen LogP contribution is 2.32. The first-order chi connectivity index (χ1) is 9.15. The number of benzene rings is 1. The van der Waals surface area contributed by atoms with E-state index in [-0.39, 0.29) is 12.2 Å². The number of aryl methyl sites for hydroxylation is 1. The number of ether oxygens (including phenoxy) is 2. The van der Waals surface area contributed by atoms with Crippen LogP contribution in [0.15, 0.2) is 18.2 Å². The molecule has 1 aliphatic carbocycles. The molecule has 4 heteroatoms. The smallest absolute Gasteiger partial charge is 0.138 e. The number of hydrogen-bond donors (Lipinski definition) is 1. The van der Waals surface area contributed by atoms with Gasteiger partial charge in [-0.15, -0.1) is 0 Å². The highest BCUT2D eigenvalue weighted by molar-refractivity contribution is 6.32. The van der Waals surface area contributed by atoms with E-state index in [1.165, 1.54) is 0 Å². The van der Waals surface area contributed by atoms with Crippen LogP contribution in [0.5, 0.6) is 5.75 Å². The minimum atomic E-state index is 0.0829. The van der Waals surface area contributed by atoms with Crippen LogP contribution in [-0.2, 0) is 4.74 Å². The van der Waals surface area contributed by atoms with Gasteiger partial charge in [-0.05, 0) is 37.6 Å². The van der Waals surface area contributed by atoms with Gasteiger partial charge < -0.3 is 14.8 Å². The van der Waals surface area contributed by atoms with Crippen LogP contribution < -0.4 is 10.1 Å². The van der Waals surface area contributed by atoms with Gasteiger partial charge in [0, 0.05) is 19.6 Å². The van der Waals surface area contributed by atoms with Crippen molar-refractivity contribution in [2.45, 2.75) is 44.9 Å². The summed E-state index contributed by atoms with van der Waals surface area (Å²) in [4.78, 5) is 0. The monoisotopic (exact) mass is 283 g/mol. The van der Waals surface area contributed by atoms with Crippen molar-refractivity contribution in [2.24, 2.45) is 0 Å². The molecule has 0 spiro atoms. The summed E-state index contributed by atoms with van der Waals surface area (Å²) in [7, 11) is 1.73. The van der Waals surface area contributed by atoms with Gasteiger partial charge in [0.05, 0.1) is 5.02 Å². The van der Waals surface area contributed by atoms with E-state index in [0.29, 0.717) is 11.1 Å². The highest BCUT2D eigenvalue weighted by Gasteiger charge is 2.43. The Kier molecular flexibility index (Phi) is 5.08. The molecular weight excluding hydrogens is 262 g/mol. The topological polar surface area (TPSA) is 30.5 Å². The average molecular weight is 284 g/mol. The normalized spacial score (nSPS) is 26.0. The fraction of sp³-hybridized carbons (Fsp3) is 0.600. The van der Waals surface area contributed by atoms with Crippen LogP contribution in [0.2, 0.25) is 5.02 Å². The molecule has 1 aromatic carbocycles. The number of halogens is 1. The van der Waals surface area contributed by atoms with Crippen LogP contribution in [0.4, 0.5) is 0 Å². The van der Waals surface area contributed by atoms with E-state index in [1.807, 2.05) is 25.1 Å². The lowest BCUT2D eigenvalue weighted by molar-refractivity contribution is -0.0886. The maximum absolute atomic E-state index is 6.18. The molecule has 1 N–H and O–H groups in total. The van der Waals surface area contributed by atoms with Gasteiger partial charge in [0.15, 0.2) is 0 Å². The Hall–Kier alpha value is -0.770. The second kappa shape index (κ2) is 6.60. The van der Waals surface area contributed by atoms with Crippen molar-refractivity contribution in [1.29, 1.82) is 0 Å². The predicted octanol–water partition coefficient (Wildman–Crippen LogP) is 3.18. The number of rotatable bonds is 6. The van der Waals surface area contributed by atoms with Crippen LogP contribution in [0.25, 0.3) is 0 Å². The molecule has 19 heavy (non-hydrogen) atoms. The molecule has 0 bridgehead atoms. The number of nitrogens with one attached hydrogen (secondary N) is 1. The molecule has 2 rings (SSSR count). The predicted molar refractivity (Wildman–Crippen MR) is 78.1 cm³/mol. The molecule has 3 unspecified atom stereocenters. The van der Waals surface area contributed by atoms with E-state index in [2.05, 4.69) is 12.2 Å². The molecule has 0 aliphatic heterocycles. The van der Waals surface area contributed by atoms with Gasteiger partial charge >= 0.3 is 0 Å². The first-order valence-corrected chi connectivity index (χ1v) is 7.22. The minimum Gasteiger partial charge on any atom is -0.486 e. The minimum absolute atomic E-state index is 0.0829. The zero-order valence-electron chi connectivity index (χ0n) is 11.8. The van der Waals surface area contributed by atoms with Crippen molar-refractivity contribution < 1.29 is 9.47 Å². The lowest BCUT2D eigenvalue weighted by Crippen LogP contribution is -2.61. The van der Waals surface area contributed by atoms with Gasteiger partial charge in [0.2, 0.25) is 0 Å². The van der Waals surface area contributed by atoms with E-state index in [9.17, 15) is 0 Å². The summed E-state index contributed by atoms with van der Waals surface area (Å²) in [5, 5.41) is 4.14. The molecule has 0 radical (unpaired) electrons. The van der Waals surface area contributed by atoms with E-state index in [0.717, 1.165) is 30.7 Å². The van der Waals surface area contributed by atoms with E-state index < -0.39 is 0 Å². The van der Waals surface area contributed by atoms with Gasteiger partial charge in [-0.1, -0.05) is 24.6 Å². The summed E-state index contributed by atoms with van der Waals surface area (Å²) in [6.45, 7) is 5.19. The van der Waals surface area contributed by atoms with Crippen molar-refractivity contribution in [3.8, 4) is 5.75 Å². The van der Waals surface area contributed by atoms with Crippen LogP contribution >= 0.6 is 11.6 Å². The quantitative estimate of drug-likeness (QED) is 0.870. The van der Waals surface area contributed by atoms with E-state index in [4.69, 9.17) is 21.1 Å². The maximum Gasteiger partial charge on any atom is 0.138 e. The molecule has 0 heterocycles. The Morgan fingerprint density at radius 3 is 2.84 bits per heavy atom. The number of hydrogen-bond acceptors (Lipinski definition) is 3. The largest absolute Gasteiger partial charge is 0.486 e. The third kappa shape index (κ3) is 3.41. The van der Waals surface area contributed by atoms with Gasteiger partial charge in [-0.3, -0.25) is 0 Å². The molecule has 1 fully saturated rings. The molecule has 0 amide bonds. The second-order valence-corrected chi connectivity index (χ2v) is 5.49. The second-order valence-electron chi connectivity index (χ2n) is 5.09. The molecule has 3 atom stereocenters. The summed E-state index contributed by atoms with van der Waals surface area (Å²) in [5.74, 6) is 0.744. The Labute approximate surface area is 120 Å². The molecule has 106 valence electrons. The summed E-state index contributed by atoms with van der Waals surface area (Å²) < 4.78 is 11.5. The van der Waals surface area contributed by atoms with Crippen LogP contribution in [0.3, 0.4) is 0 Å². The Balaban J connectivity index is 1.93. The van der Waals surface area contributed by atoms with Crippen molar-refractivity contribution in [3.05, 3.63) is 28.8 Å². The van der Waals surface area contributed by atoms with E-state index in [1.54, 1.807) is 7.11 Å². The molecule has 1 saturated carbocycles. The molecule has 3 nitrogen and oxygen atoms in total. The Bertz CT molecular complexity index is 425. The van der Waals surface area contributed by atoms with Crippen molar-refractivity contribution in [2.75, 3.05) is 13.7 Å². The standard InChI is InChI=1S/C15H22ClNO2/c1-4-7-17-12-9-14(15(12)18-3)19-13-6-5-10(2)8-11(13)16/h5-6,8,12,14-15,17H,4,7,9H2,1-3H3. The van der Waals surface area contributed by atoms with Crippen molar-refractivity contribution in [3.63, 3.8) is 0 Å². The Morgan fingerprint density at radius 1 is 1.42 bits per heavy atom. The zero-order valence-corrected chi connectivity index (χ0v) is 12.5. The fourth-order valence-electron chi connectivity index (χ4n) is 2.41. The molecule has 0 aromatic heterocycles. The van der Waals surface area contributed by atoms with Crippen molar-refractivity contribution >= 4 is 11.6 Å². The summed E-state index contributed by atoms with van der Waals surface area (Å²) in [5.41, 5.74) is 1.14. The van der Waals surface area contributed by atoms with Gasteiger partial charge in [-0.25, -0.2) is 0 Å². The molecule has 1 aliphatic rings. The lowest BCUT2D eigenvalue weighted by atomic mass is 9.85. The average Bonchev–Trinajstić information content (AvgIpc) is 2.35. The van der Waals surface area contributed by atoms with E-state index >= 15 is 0 Å². The van der Waals surface area contributed by atoms with Crippen LogP contribution in [-0.4, -0.2) is 31.9 Å². The molecular formula is C15H22ClNO2. The lowest BCUT2D eigenvalue weighted by Gasteiger charge is -2.43. The Morgan fingerprint density at radius 2 is 2.21 bits per heavy atom.